The number of hydrogen-bond donors (Lipinski definition) is 2. The number of esters is 1. The number of nitrogens with zero attached hydrogens (tertiary/aromatic N) is 5. The lowest BCUT2D eigenvalue weighted by atomic mass is 9.98. The Morgan fingerprint density at radius 3 is 2.46 bits per heavy atom. The van der Waals surface area contributed by atoms with Crippen LogP contribution in [0.5, 0.6) is 0 Å². The fourth-order valence-corrected chi connectivity index (χ4v) is 4.04. The largest absolute Gasteiger partial charge is 0.478 e. The molecule has 2 aromatic heterocycles. The molecular weight excluding hydrogens is 448 g/mol. The molecule has 2 heterocycles. The van der Waals surface area contributed by atoms with Gasteiger partial charge in [0.1, 0.15) is 0 Å². The second-order valence-corrected chi connectivity index (χ2v) is 7.70. The van der Waals surface area contributed by atoms with Crippen molar-refractivity contribution in [3.63, 3.8) is 0 Å². The van der Waals surface area contributed by atoms with Crippen LogP contribution >= 0.6 is 0 Å². The number of aromatic nitrogens is 6. The van der Waals surface area contributed by atoms with Crippen molar-refractivity contribution in [1.82, 2.24) is 30.2 Å². The summed E-state index contributed by atoms with van der Waals surface area (Å²) in [4.78, 5) is 28.9. The molecule has 0 atom stereocenters. The first-order valence-corrected chi connectivity index (χ1v) is 10.9. The maximum Gasteiger partial charge on any atom is 0.374 e. The maximum absolute atomic E-state index is 12.6. The lowest BCUT2D eigenvalue weighted by Gasteiger charge is -2.12. The Bertz CT molecular complexity index is 1520. The number of rotatable bonds is 7. The van der Waals surface area contributed by atoms with Crippen LogP contribution in [0.2, 0.25) is 0 Å². The molecule has 35 heavy (non-hydrogen) atoms. The Balaban J connectivity index is 1.55. The standard InChI is InChI=1S/C25H20N6O4/c1-2-35-25(34)23-26-20-9-5-8-19(24(32)33)21(20)31(23)14-15-10-12-16(13-11-15)17-6-3-4-7-18(17)22-27-29-30-28-22/h3-13H,2,14H2,1H3,(H,32,33)(H,27,28,29,30). The highest BCUT2D eigenvalue weighted by atomic mass is 16.5. The quantitative estimate of drug-likeness (QED) is 0.344. The van der Waals surface area contributed by atoms with E-state index in [9.17, 15) is 14.7 Å². The van der Waals surface area contributed by atoms with Crippen LogP contribution < -0.4 is 0 Å². The van der Waals surface area contributed by atoms with Gasteiger partial charge in [-0.05, 0) is 41.0 Å². The van der Waals surface area contributed by atoms with E-state index in [1.54, 1.807) is 23.6 Å². The Morgan fingerprint density at radius 1 is 1.00 bits per heavy atom. The van der Waals surface area contributed by atoms with Crippen LogP contribution in [0.25, 0.3) is 33.5 Å². The number of aromatic carboxylic acids is 1. The van der Waals surface area contributed by atoms with Crippen molar-refractivity contribution in [3.8, 4) is 22.5 Å². The van der Waals surface area contributed by atoms with Gasteiger partial charge in [0.05, 0.1) is 23.2 Å². The van der Waals surface area contributed by atoms with E-state index in [1.807, 2.05) is 48.5 Å². The lowest BCUT2D eigenvalue weighted by Crippen LogP contribution is -2.15. The van der Waals surface area contributed by atoms with Crippen LogP contribution in [0.3, 0.4) is 0 Å². The molecule has 0 unspecified atom stereocenters. The number of imidazole rings is 1. The van der Waals surface area contributed by atoms with Crippen LogP contribution in [0.1, 0.15) is 33.5 Å². The van der Waals surface area contributed by atoms with Gasteiger partial charge in [-0.3, -0.25) is 0 Å². The Labute approximate surface area is 199 Å². The molecule has 0 saturated heterocycles. The number of carbonyl (C=O) groups excluding carboxylic acids is 1. The van der Waals surface area contributed by atoms with Crippen molar-refractivity contribution in [2.24, 2.45) is 0 Å². The van der Waals surface area contributed by atoms with E-state index in [4.69, 9.17) is 4.74 Å². The topological polar surface area (TPSA) is 136 Å². The molecule has 5 aromatic rings. The molecule has 0 aliphatic heterocycles. The highest BCUT2D eigenvalue weighted by Crippen LogP contribution is 2.30. The molecule has 0 radical (unpaired) electrons. The van der Waals surface area contributed by atoms with Crippen molar-refractivity contribution in [1.29, 1.82) is 0 Å². The van der Waals surface area contributed by atoms with Gasteiger partial charge in [-0.1, -0.05) is 54.6 Å². The van der Waals surface area contributed by atoms with Crippen molar-refractivity contribution in [2.75, 3.05) is 6.61 Å². The van der Waals surface area contributed by atoms with Gasteiger partial charge < -0.3 is 14.4 Å². The first kappa shape index (κ1) is 22.0. The van der Waals surface area contributed by atoms with Crippen LogP contribution in [0.15, 0.2) is 66.7 Å². The van der Waals surface area contributed by atoms with E-state index in [0.717, 1.165) is 22.3 Å². The third-order valence-electron chi connectivity index (χ3n) is 5.57. The summed E-state index contributed by atoms with van der Waals surface area (Å²) in [6.07, 6.45) is 0. The molecular formula is C25H20N6O4. The first-order chi connectivity index (χ1) is 17.1. The molecule has 0 spiro atoms. The van der Waals surface area contributed by atoms with Crippen molar-refractivity contribution in [3.05, 3.63) is 83.7 Å². The number of carbonyl (C=O) groups is 2. The molecule has 3 aromatic carbocycles. The molecule has 0 amide bonds. The van der Waals surface area contributed by atoms with Crippen LogP contribution in [0, 0.1) is 0 Å². The number of para-hydroxylation sites is 1. The number of benzene rings is 3. The summed E-state index contributed by atoms with van der Waals surface area (Å²) >= 11 is 0. The minimum absolute atomic E-state index is 0.0575. The summed E-state index contributed by atoms with van der Waals surface area (Å²) in [6.45, 7) is 2.13. The summed E-state index contributed by atoms with van der Waals surface area (Å²) in [5, 5.41) is 24.0. The Morgan fingerprint density at radius 2 is 1.77 bits per heavy atom. The smallest absolute Gasteiger partial charge is 0.374 e. The zero-order valence-electron chi connectivity index (χ0n) is 18.7. The number of carboxylic acids is 1. The van der Waals surface area contributed by atoms with E-state index in [1.165, 1.54) is 6.07 Å². The average molecular weight is 468 g/mol. The number of carboxylic acid groups (broad SMARTS) is 1. The summed E-state index contributed by atoms with van der Waals surface area (Å²) in [7, 11) is 0. The van der Waals surface area contributed by atoms with Gasteiger partial charge in [-0.2, -0.15) is 5.21 Å². The SMILES string of the molecule is CCOC(=O)c1nc2cccc(C(=O)O)c2n1Cc1ccc(-c2ccccc2-c2nn[nH]n2)cc1. The van der Waals surface area contributed by atoms with Crippen LogP contribution in [0.4, 0.5) is 0 Å². The molecule has 10 nitrogen and oxygen atoms in total. The molecule has 0 bridgehead atoms. The number of H-pyrrole nitrogens is 1. The zero-order valence-corrected chi connectivity index (χ0v) is 18.7. The van der Waals surface area contributed by atoms with E-state index < -0.39 is 11.9 Å². The van der Waals surface area contributed by atoms with Crippen LogP contribution in [-0.4, -0.2) is 53.8 Å². The summed E-state index contributed by atoms with van der Waals surface area (Å²) in [5.41, 5.74) is 4.43. The number of fused-ring (bicyclic) bond motifs is 1. The predicted molar refractivity (Wildman–Crippen MR) is 127 cm³/mol. The van der Waals surface area contributed by atoms with E-state index in [-0.39, 0.29) is 24.5 Å². The fourth-order valence-electron chi connectivity index (χ4n) is 4.04. The summed E-state index contributed by atoms with van der Waals surface area (Å²) in [5.74, 6) is -1.15. The summed E-state index contributed by atoms with van der Waals surface area (Å²) in [6, 6.07) is 20.3. The number of aromatic amines is 1. The Kier molecular flexibility index (Phi) is 5.76. The monoisotopic (exact) mass is 468 g/mol. The third kappa shape index (κ3) is 4.12. The fraction of sp³-hybridized carbons (Fsp3) is 0.120. The molecule has 0 saturated carbocycles. The van der Waals surface area contributed by atoms with Gasteiger partial charge in [-0.15, -0.1) is 10.2 Å². The minimum Gasteiger partial charge on any atom is -0.478 e. The second kappa shape index (κ2) is 9.18. The van der Waals surface area contributed by atoms with Crippen molar-refractivity contribution >= 4 is 23.0 Å². The Hall–Kier alpha value is -4.86. The molecule has 0 aliphatic carbocycles. The van der Waals surface area contributed by atoms with Crippen LogP contribution in [-0.2, 0) is 11.3 Å². The minimum atomic E-state index is -1.10. The van der Waals surface area contributed by atoms with E-state index >= 15 is 0 Å². The zero-order chi connectivity index (χ0) is 24.4. The van der Waals surface area contributed by atoms with Gasteiger partial charge in [-0.25, -0.2) is 14.6 Å². The highest BCUT2D eigenvalue weighted by Gasteiger charge is 2.23. The maximum atomic E-state index is 12.6. The third-order valence-corrected chi connectivity index (χ3v) is 5.57. The second-order valence-electron chi connectivity index (χ2n) is 7.70. The number of tetrazole rings is 1. The lowest BCUT2D eigenvalue weighted by molar-refractivity contribution is 0.0506. The van der Waals surface area contributed by atoms with Gasteiger partial charge in [0.15, 0.2) is 0 Å². The molecule has 174 valence electrons. The average Bonchev–Trinajstić information content (AvgIpc) is 3.53. The molecule has 10 heteroatoms. The van der Waals surface area contributed by atoms with E-state index in [0.29, 0.717) is 16.9 Å². The number of nitrogens with one attached hydrogen (secondary N) is 1. The normalized spacial score (nSPS) is 11.0. The van der Waals surface area contributed by atoms with Gasteiger partial charge in [0.25, 0.3) is 0 Å². The number of hydrogen-bond acceptors (Lipinski definition) is 7. The van der Waals surface area contributed by atoms with Crippen molar-refractivity contribution < 1.29 is 19.4 Å². The van der Waals surface area contributed by atoms with Gasteiger partial charge >= 0.3 is 11.9 Å². The predicted octanol–water partition coefficient (Wildman–Crippen LogP) is 3.81. The molecule has 0 aliphatic rings. The summed E-state index contributed by atoms with van der Waals surface area (Å²) < 4.78 is 6.77. The van der Waals surface area contributed by atoms with Gasteiger partial charge in [0, 0.05) is 12.1 Å². The molecule has 2 N–H and O–H groups in total. The van der Waals surface area contributed by atoms with Gasteiger partial charge in [0.2, 0.25) is 11.6 Å². The van der Waals surface area contributed by atoms with Crippen molar-refractivity contribution in [2.45, 2.75) is 13.5 Å². The first-order valence-electron chi connectivity index (χ1n) is 10.9. The molecule has 0 fully saturated rings. The highest BCUT2D eigenvalue weighted by molar-refractivity contribution is 6.03. The van der Waals surface area contributed by atoms with E-state index in [2.05, 4.69) is 25.6 Å². The number of ether oxygens (including phenoxy) is 1. The molecule has 5 rings (SSSR count).